The summed E-state index contributed by atoms with van der Waals surface area (Å²) in [5.74, 6) is -0.949. The lowest BCUT2D eigenvalue weighted by Crippen LogP contribution is -1.93. The van der Waals surface area contributed by atoms with Crippen molar-refractivity contribution < 1.29 is 8.78 Å². The van der Waals surface area contributed by atoms with Crippen LogP contribution in [0.2, 0.25) is 0 Å². The van der Waals surface area contributed by atoms with Crippen molar-refractivity contribution in [3.05, 3.63) is 23.4 Å². The second-order valence-electron chi connectivity index (χ2n) is 2.32. The van der Waals surface area contributed by atoms with Crippen molar-refractivity contribution in [2.24, 2.45) is 0 Å². The Balaban J connectivity index is 2.57. The van der Waals surface area contributed by atoms with Gasteiger partial charge in [-0.2, -0.15) is 4.39 Å². The quantitative estimate of drug-likeness (QED) is 0.556. The standard InChI is InChI=1S/C7H5F2NS/c8-5-3-4-1-2-11-7(4)10-6(5)9/h3H,1-2H2. The van der Waals surface area contributed by atoms with Crippen molar-refractivity contribution >= 4 is 11.8 Å². The number of hydrogen-bond acceptors (Lipinski definition) is 2. The summed E-state index contributed by atoms with van der Waals surface area (Å²) in [6, 6.07) is 1.23. The van der Waals surface area contributed by atoms with Gasteiger partial charge < -0.3 is 0 Å². The number of aryl methyl sites for hydroxylation is 1. The molecule has 0 bridgehead atoms. The molecule has 2 heterocycles. The van der Waals surface area contributed by atoms with Gasteiger partial charge in [-0.25, -0.2) is 9.37 Å². The Hall–Kier alpha value is -0.640. The van der Waals surface area contributed by atoms with E-state index in [4.69, 9.17) is 0 Å². The molecule has 4 heteroatoms. The van der Waals surface area contributed by atoms with Crippen LogP contribution in [0.4, 0.5) is 8.78 Å². The molecule has 0 radical (unpaired) electrons. The van der Waals surface area contributed by atoms with E-state index in [1.807, 2.05) is 0 Å². The first-order valence-electron chi connectivity index (χ1n) is 3.25. The van der Waals surface area contributed by atoms with E-state index in [-0.39, 0.29) is 0 Å². The van der Waals surface area contributed by atoms with Gasteiger partial charge in [0.2, 0.25) is 5.95 Å². The van der Waals surface area contributed by atoms with E-state index in [1.54, 1.807) is 0 Å². The van der Waals surface area contributed by atoms with Crippen LogP contribution < -0.4 is 0 Å². The van der Waals surface area contributed by atoms with Crippen LogP contribution in [-0.4, -0.2) is 10.7 Å². The van der Waals surface area contributed by atoms with Crippen molar-refractivity contribution in [3.8, 4) is 0 Å². The number of nitrogens with zero attached hydrogens (tertiary/aromatic N) is 1. The zero-order chi connectivity index (χ0) is 7.84. The van der Waals surface area contributed by atoms with Gasteiger partial charge in [-0.05, 0) is 18.1 Å². The van der Waals surface area contributed by atoms with Gasteiger partial charge in [0.15, 0.2) is 5.82 Å². The Morgan fingerprint density at radius 2 is 2.27 bits per heavy atom. The van der Waals surface area contributed by atoms with Crippen LogP contribution in [0.1, 0.15) is 5.56 Å². The van der Waals surface area contributed by atoms with Gasteiger partial charge in [0.1, 0.15) is 5.03 Å². The lowest BCUT2D eigenvalue weighted by atomic mass is 10.2. The number of fused-ring (bicyclic) bond motifs is 1. The number of rotatable bonds is 0. The van der Waals surface area contributed by atoms with Crippen LogP contribution in [0.5, 0.6) is 0 Å². The molecule has 1 nitrogen and oxygen atoms in total. The van der Waals surface area contributed by atoms with Crippen LogP contribution in [0.15, 0.2) is 11.1 Å². The van der Waals surface area contributed by atoms with E-state index in [0.29, 0.717) is 5.03 Å². The SMILES string of the molecule is Fc1cc2c(nc1F)SCC2. The third-order valence-corrected chi connectivity index (χ3v) is 2.62. The predicted octanol–water partition coefficient (Wildman–Crippen LogP) is 2.01. The Kier molecular flexibility index (Phi) is 1.56. The fraction of sp³-hybridized carbons (Fsp3) is 0.286. The summed E-state index contributed by atoms with van der Waals surface area (Å²) in [7, 11) is 0. The predicted molar refractivity (Wildman–Crippen MR) is 38.6 cm³/mol. The molecule has 1 aromatic heterocycles. The smallest absolute Gasteiger partial charge is 0.210 e. The maximum Gasteiger partial charge on any atom is 0.249 e. The molecule has 1 aliphatic rings. The van der Waals surface area contributed by atoms with Crippen LogP contribution >= 0.6 is 11.8 Å². The van der Waals surface area contributed by atoms with Crippen molar-refractivity contribution in [2.75, 3.05) is 5.75 Å². The fourth-order valence-electron chi connectivity index (χ4n) is 1.05. The normalized spacial score (nSPS) is 15.1. The first kappa shape index (κ1) is 7.03. The first-order valence-corrected chi connectivity index (χ1v) is 4.23. The number of halogens is 2. The summed E-state index contributed by atoms with van der Waals surface area (Å²) < 4.78 is 25.0. The molecule has 0 atom stereocenters. The molecular formula is C7H5F2NS. The average Bonchev–Trinajstić information content (AvgIpc) is 2.36. The second-order valence-corrected chi connectivity index (χ2v) is 3.41. The van der Waals surface area contributed by atoms with Crippen molar-refractivity contribution in [3.63, 3.8) is 0 Å². The summed E-state index contributed by atoms with van der Waals surface area (Å²) in [6.45, 7) is 0. The summed E-state index contributed by atoms with van der Waals surface area (Å²) >= 11 is 1.47. The minimum Gasteiger partial charge on any atom is -0.210 e. The van der Waals surface area contributed by atoms with Crippen molar-refractivity contribution in [2.45, 2.75) is 11.4 Å². The van der Waals surface area contributed by atoms with E-state index in [1.165, 1.54) is 17.8 Å². The molecule has 0 spiro atoms. The number of aromatic nitrogens is 1. The zero-order valence-electron chi connectivity index (χ0n) is 5.60. The third kappa shape index (κ3) is 1.11. The van der Waals surface area contributed by atoms with Gasteiger partial charge in [0.25, 0.3) is 0 Å². The fourth-order valence-corrected chi connectivity index (χ4v) is 2.06. The minimum absolute atomic E-state index is 0.643. The Labute approximate surface area is 66.8 Å². The molecule has 0 aliphatic carbocycles. The third-order valence-electron chi connectivity index (χ3n) is 1.58. The largest absolute Gasteiger partial charge is 0.249 e. The van der Waals surface area contributed by atoms with Gasteiger partial charge in [-0.3, -0.25) is 0 Å². The molecule has 0 aromatic carbocycles. The highest BCUT2D eigenvalue weighted by Gasteiger charge is 2.16. The molecule has 0 saturated carbocycles. The Bertz CT molecular complexity index is 272. The van der Waals surface area contributed by atoms with Gasteiger partial charge in [0, 0.05) is 5.75 Å². The zero-order valence-corrected chi connectivity index (χ0v) is 6.42. The van der Waals surface area contributed by atoms with Crippen LogP contribution in [0.25, 0.3) is 0 Å². The van der Waals surface area contributed by atoms with Crippen LogP contribution in [0, 0.1) is 11.8 Å². The molecule has 0 saturated heterocycles. The molecule has 0 fully saturated rings. The van der Waals surface area contributed by atoms with Crippen molar-refractivity contribution in [1.82, 2.24) is 4.98 Å². The molecule has 58 valence electrons. The van der Waals surface area contributed by atoms with Gasteiger partial charge in [-0.1, -0.05) is 0 Å². The lowest BCUT2D eigenvalue weighted by Gasteiger charge is -1.96. The van der Waals surface area contributed by atoms with Crippen LogP contribution in [-0.2, 0) is 6.42 Å². The Morgan fingerprint density at radius 1 is 1.45 bits per heavy atom. The van der Waals surface area contributed by atoms with E-state index >= 15 is 0 Å². The first-order chi connectivity index (χ1) is 5.27. The van der Waals surface area contributed by atoms with E-state index in [2.05, 4.69) is 4.98 Å². The van der Waals surface area contributed by atoms with Crippen molar-refractivity contribution in [1.29, 1.82) is 0 Å². The molecule has 11 heavy (non-hydrogen) atoms. The molecule has 2 rings (SSSR count). The maximum absolute atomic E-state index is 12.5. The molecule has 0 unspecified atom stereocenters. The van der Waals surface area contributed by atoms with Crippen LogP contribution in [0.3, 0.4) is 0 Å². The summed E-state index contributed by atoms with van der Waals surface area (Å²) in [5.41, 5.74) is 0.828. The van der Waals surface area contributed by atoms with Gasteiger partial charge >= 0.3 is 0 Å². The average molecular weight is 173 g/mol. The Morgan fingerprint density at radius 3 is 3.09 bits per heavy atom. The molecular weight excluding hydrogens is 168 g/mol. The maximum atomic E-state index is 12.5. The highest BCUT2D eigenvalue weighted by molar-refractivity contribution is 7.99. The molecule has 1 aromatic rings. The number of hydrogen-bond donors (Lipinski definition) is 0. The van der Waals surface area contributed by atoms with E-state index < -0.39 is 11.8 Å². The lowest BCUT2D eigenvalue weighted by molar-refractivity contribution is 0.469. The number of thioether (sulfide) groups is 1. The summed E-state index contributed by atoms with van der Waals surface area (Å²) in [4.78, 5) is 3.47. The van der Waals surface area contributed by atoms with Gasteiger partial charge in [0.05, 0.1) is 0 Å². The van der Waals surface area contributed by atoms with Gasteiger partial charge in [-0.15, -0.1) is 11.8 Å². The monoisotopic (exact) mass is 173 g/mol. The second kappa shape index (κ2) is 2.44. The number of pyridine rings is 1. The minimum atomic E-state index is -0.988. The molecule has 1 aliphatic heterocycles. The molecule has 0 amide bonds. The summed E-state index contributed by atoms with van der Waals surface area (Å²) in [5, 5.41) is 0.643. The topological polar surface area (TPSA) is 12.9 Å². The highest BCUT2D eigenvalue weighted by atomic mass is 32.2. The van der Waals surface area contributed by atoms with E-state index in [9.17, 15) is 8.78 Å². The molecule has 0 N–H and O–H groups in total. The highest BCUT2D eigenvalue weighted by Crippen LogP contribution is 2.29. The summed E-state index contributed by atoms with van der Waals surface area (Å²) in [6.07, 6.45) is 0.796. The van der Waals surface area contributed by atoms with E-state index in [0.717, 1.165) is 17.7 Å².